The predicted octanol–water partition coefficient (Wildman–Crippen LogP) is 4.03. The lowest BCUT2D eigenvalue weighted by molar-refractivity contribution is -0.219. The lowest BCUT2D eigenvalue weighted by atomic mass is 10.2. The molecule has 1 unspecified atom stereocenters. The zero-order valence-corrected chi connectivity index (χ0v) is 19.7. The lowest BCUT2D eigenvalue weighted by Crippen LogP contribution is -2.46. The summed E-state index contributed by atoms with van der Waals surface area (Å²) in [5.74, 6) is -5.16. The summed E-state index contributed by atoms with van der Waals surface area (Å²) < 4.78 is 25.7. The van der Waals surface area contributed by atoms with Crippen molar-refractivity contribution in [3.8, 4) is 11.5 Å². The Hall–Kier alpha value is -4.40. The van der Waals surface area contributed by atoms with Gasteiger partial charge in [-0.1, -0.05) is 19.2 Å². The van der Waals surface area contributed by atoms with Gasteiger partial charge in [0.25, 0.3) is 0 Å². The number of hydrogen-bond donors (Lipinski definition) is 0. The second-order valence-corrected chi connectivity index (χ2v) is 7.26. The Balaban J connectivity index is 2.08. The van der Waals surface area contributed by atoms with Crippen LogP contribution < -0.4 is 9.47 Å². The summed E-state index contributed by atoms with van der Waals surface area (Å²) in [6.07, 6.45) is 1.60. The number of carbonyl (C=O) groups is 4. The van der Waals surface area contributed by atoms with Gasteiger partial charge in [-0.05, 0) is 62.4 Å². The number of benzene rings is 2. The highest BCUT2D eigenvalue weighted by atomic mass is 16.8. The van der Waals surface area contributed by atoms with E-state index < -0.39 is 29.7 Å². The van der Waals surface area contributed by atoms with Crippen LogP contribution in [0.3, 0.4) is 0 Å². The van der Waals surface area contributed by atoms with Gasteiger partial charge in [0.05, 0.1) is 17.7 Å². The van der Waals surface area contributed by atoms with Gasteiger partial charge in [0.1, 0.15) is 18.1 Å². The second-order valence-electron chi connectivity index (χ2n) is 7.26. The number of ether oxygens (including phenoxy) is 5. The first-order valence-electron chi connectivity index (χ1n) is 10.5. The fourth-order valence-electron chi connectivity index (χ4n) is 2.53. The minimum Gasteiger partial charge on any atom is -0.490 e. The standard InChI is InChI=1S/C26H26O9/c1-6-16-32-20-12-8-18(9-13-20)23(28)33-21-14-10-19(11-15-21)24(29)35-26(5,25(30)31-7-2)34-22(27)17(3)4/h6,8-15H,1,3,7,16H2,2,4-5H3. The highest BCUT2D eigenvalue weighted by Gasteiger charge is 2.44. The molecule has 0 spiro atoms. The van der Waals surface area contributed by atoms with Gasteiger partial charge >= 0.3 is 29.7 Å². The fraction of sp³-hybridized carbons (Fsp3) is 0.231. The Kier molecular flexibility index (Phi) is 9.34. The van der Waals surface area contributed by atoms with E-state index in [1.54, 1.807) is 37.3 Å². The van der Waals surface area contributed by atoms with Crippen molar-refractivity contribution in [2.24, 2.45) is 0 Å². The maximum atomic E-state index is 12.6. The Labute approximate surface area is 202 Å². The topological polar surface area (TPSA) is 114 Å². The molecule has 2 rings (SSSR count). The lowest BCUT2D eigenvalue weighted by Gasteiger charge is -2.26. The van der Waals surface area contributed by atoms with E-state index in [9.17, 15) is 19.2 Å². The molecule has 0 aliphatic heterocycles. The largest absolute Gasteiger partial charge is 0.490 e. The van der Waals surface area contributed by atoms with Crippen molar-refractivity contribution < 1.29 is 42.9 Å². The van der Waals surface area contributed by atoms with Crippen molar-refractivity contribution in [2.75, 3.05) is 13.2 Å². The molecular formula is C26H26O9. The maximum absolute atomic E-state index is 12.6. The summed E-state index contributed by atoms with van der Waals surface area (Å²) in [5, 5.41) is 0. The number of rotatable bonds is 11. The van der Waals surface area contributed by atoms with E-state index in [1.807, 2.05) is 0 Å². The highest BCUT2D eigenvalue weighted by Crippen LogP contribution is 2.22. The van der Waals surface area contributed by atoms with Crippen molar-refractivity contribution >= 4 is 23.9 Å². The molecule has 0 bridgehead atoms. The third-order valence-corrected chi connectivity index (χ3v) is 4.33. The average Bonchev–Trinajstić information content (AvgIpc) is 2.83. The maximum Gasteiger partial charge on any atom is 0.392 e. The van der Waals surface area contributed by atoms with E-state index in [1.165, 1.54) is 31.2 Å². The van der Waals surface area contributed by atoms with Gasteiger partial charge in [0, 0.05) is 12.5 Å². The van der Waals surface area contributed by atoms with E-state index in [4.69, 9.17) is 23.7 Å². The zero-order valence-electron chi connectivity index (χ0n) is 19.7. The van der Waals surface area contributed by atoms with Crippen molar-refractivity contribution in [1.29, 1.82) is 0 Å². The third kappa shape index (κ3) is 7.56. The molecule has 0 saturated heterocycles. The van der Waals surface area contributed by atoms with Crippen LogP contribution in [-0.2, 0) is 23.8 Å². The molecule has 0 N–H and O–H groups in total. The third-order valence-electron chi connectivity index (χ3n) is 4.33. The first-order valence-corrected chi connectivity index (χ1v) is 10.5. The van der Waals surface area contributed by atoms with Crippen LogP contribution in [0.1, 0.15) is 41.5 Å². The summed E-state index contributed by atoms with van der Waals surface area (Å²) in [6, 6.07) is 11.7. The summed E-state index contributed by atoms with van der Waals surface area (Å²) >= 11 is 0. The molecule has 0 saturated carbocycles. The van der Waals surface area contributed by atoms with Crippen LogP contribution in [0.4, 0.5) is 0 Å². The molecule has 35 heavy (non-hydrogen) atoms. The van der Waals surface area contributed by atoms with Crippen molar-refractivity contribution in [2.45, 2.75) is 26.6 Å². The molecule has 0 aliphatic rings. The fourth-order valence-corrected chi connectivity index (χ4v) is 2.53. The van der Waals surface area contributed by atoms with Crippen molar-refractivity contribution in [3.05, 3.63) is 84.5 Å². The molecule has 9 nitrogen and oxygen atoms in total. The molecule has 0 radical (unpaired) electrons. The second kappa shape index (κ2) is 12.2. The van der Waals surface area contributed by atoms with Crippen LogP contribution in [-0.4, -0.2) is 42.9 Å². The summed E-state index contributed by atoms with van der Waals surface area (Å²) in [4.78, 5) is 49.2. The Morgan fingerprint density at radius 1 is 0.886 bits per heavy atom. The molecular weight excluding hydrogens is 456 g/mol. The van der Waals surface area contributed by atoms with Crippen molar-refractivity contribution in [3.63, 3.8) is 0 Å². The van der Waals surface area contributed by atoms with Gasteiger partial charge in [-0.25, -0.2) is 19.2 Å². The monoisotopic (exact) mass is 482 g/mol. The molecule has 0 fully saturated rings. The summed E-state index contributed by atoms with van der Waals surface area (Å²) in [5.41, 5.74) is 0.307. The van der Waals surface area contributed by atoms with Gasteiger partial charge in [-0.3, -0.25) is 0 Å². The van der Waals surface area contributed by atoms with Crippen LogP contribution in [0.2, 0.25) is 0 Å². The SMILES string of the molecule is C=CCOc1ccc(C(=O)Oc2ccc(C(=O)OC(C)(OC(=O)C(=C)C)C(=O)OCC)cc2)cc1. The quantitative estimate of drug-likeness (QED) is 0.154. The molecule has 1 atom stereocenters. The molecule has 0 amide bonds. The molecule has 0 heterocycles. The van der Waals surface area contributed by atoms with Crippen LogP contribution in [0.15, 0.2) is 73.3 Å². The number of esters is 4. The minimum atomic E-state index is -2.32. The smallest absolute Gasteiger partial charge is 0.392 e. The van der Waals surface area contributed by atoms with E-state index in [0.29, 0.717) is 17.9 Å². The van der Waals surface area contributed by atoms with E-state index in [-0.39, 0.29) is 23.5 Å². The Morgan fingerprint density at radius 3 is 1.94 bits per heavy atom. The minimum absolute atomic E-state index is 0.00155. The predicted molar refractivity (Wildman–Crippen MR) is 125 cm³/mol. The molecule has 0 aliphatic carbocycles. The van der Waals surface area contributed by atoms with Crippen LogP contribution in [0.25, 0.3) is 0 Å². The normalized spacial score (nSPS) is 11.9. The van der Waals surface area contributed by atoms with Crippen LogP contribution in [0, 0.1) is 0 Å². The molecule has 9 heteroatoms. The Morgan fingerprint density at radius 2 is 1.43 bits per heavy atom. The molecule has 184 valence electrons. The highest BCUT2D eigenvalue weighted by molar-refractivity contribution is 5.95. The number of carbonyl (C=O) groups excluding carboxylic acids is 4. The van der Waals surface area contributed by atoms with E-state index in [2.05, 4.69) is 13.2 Å². The van der Waals surface area contributed by atoms with Crippen molar-refractivity contribution in [1.82, 2.24) is 0 Å². The van der Waals surface area contributed by atoms with Crippen LogP contribution in [0.5, 0.6) is 11.5 Å². The molecule has 2 aromatic carbocycles. The van der Waals surface area contributed by atoms with Gasteiger partial charge in [-0.2, -0.15) is 0 Å². The molecule has 0 aromatic heterocycles. The Bertz CT molecular complexity index is 1100. The average molecular weight is 482 g/mol. The zero-order chi connectivity index (χ0) is 26.0. The van der Waals surface area contributed by atoms with Gasteiger partial charge in [0.15, 0.2) is 0 Å². The first-order chi connectivity index (χ1) is 16.6. The first kappa shape index (κ1) is 26.8. The summed E-state index contributed by atoms with van der Waals surface area (Å²) in [7, 11) is 0. The van der Waals surface area contributed by atoms with E-state index >= 15 is 0 Å². The summed E-state index contributed by atoms with van der Waals surface area (Å²) in [6.45, 7) is 11.3. The van der Waals surface area contributed by atoms with Gasteiger partial charge in [0.2, 0.25) is 0 Å². The van der Waals surface area contributed by atoms with Crippen LogP contribution >= 0.6 is 0 Å². The molecule has 2 aromatic rings. The van der Waals surface area contributed by atoms with Gasteiger partial charge < -0.3 is 23.7 Å². The van der Waals surface area contributed by atoms with E-state index in [0.717, 1.165) is 6.92 Å². The van der Waals surface area contributed by atoms with Gasteiger partial charge in [-0.15, -0.1) is 0 Å². The number of hydrogen-bond acceptors (Lipinski definition) is 9.